The van der Waals surface area contributed by atoms with Crippen molar-refractivity contribution in [1.29, 1.82) is 0 Å². The minimum atomic E-state index is -1.85. The molecular weight excluding hydrogens is 474 g/mol. The molecule has 12 nitrogen and oxygen atoms in total. The number of aliphatic hydroxyl groups excluding tert-OH is 10. The zero-order chi connectivity index (χ0) is 25.8. The summed E-state index contributed by atoms with van der Waals surface area (Å²) in [6.07, 6.45) is -14.0. The largest absolute Gasteiger partial charge is 0.492 e. The van der Waals surface area contributed by atoms with Crippen LogP contribution in [0.4, 0.5) is 0 Å². The SMILES string of the molecule is OCC(O)C(O)C(O)C(O)CN(CCOc1cccc(CS)c1)CC(O)C(O)C(O)C(O)CO. The molecule has 0 saturated heterocycles. The van der Waals surface area contributed by atoms with Gasteiger partial charge in [0.15, 0.2) is 0 Å². The third-order valence-corrected chi connectivity index (χ3v) is 5.66. The van der Waals surface area contributed by atoms with Crippen LogP contribution in [0.25, 0.3) is 0 Å². The van der Waals surface area contributed by atoms with E-state index in [2.05, 4.69) is 12.6 Å². The average Bonchev–Trinajstić information content (AvgIpc) is 2.85. The summed E-state index contributed by atoms with van der Waals surface area (Å²) in [4.78, 5) is 1.36. The summed E-state index contributed by atoms with van der Waals surface area (Å²) in [5.41, 5.74) is 0.919. The van der Waals surface area contributed by atoms with Crippen molar-refractivity contribution in [1.82, 2.24) is 4.90 Å². The maximum absolute atomic E-state index is 10.3. The van der Waals surface area contributed by atoms with Gasteiger partial charge in [0, 0.05) is 25.4 Å². The van der Waals surface area contributed by atoms with Crippen LogP contribution in [-0.2, 0) is 5.75 Å². The van der Waals surface area contributed by atoms with Crippen molar-refractivity contribution >= 4 is 12.6 Å². The Bertz CT molecular complexity index is 658. The van der Waals surface area contributed by atoms with Gasteiger partial charge in [0.2, 0.25) is 0 Å². The van der Waals surface area contributed by atoms with Crippen molar-refractivity contribution in [2.24, 2.45) is 0 Å². The minimum absolute atomic E-state index is 0.0469. The second-order valence-electron chi connectivity index (χ2n) is 8.01. The molecule has 198 valence electrons. The van der Waals surface area contributed by atoms with Gasteiger partial charge in [-0.1, -0.05) is 12.1 Å². The van der Waals surface area contributed by atoms with E-state index in [9.17, 15) is 40.9 Å². The third-order valence-electron chi connectivity index (χ3n) is 5.30. The number of hydrogen-bond donors (Lipinski definition) is 11. The summed E-state index contributed by atoms with van der Waals surface area (Å²) in [7, 11) is 0. The number of benzene rings is 1. The number of aliphatic hydroxyl groups is 10. The van der Waals surface area contributed by atoms with E-state index in [1.165, 1.54) is 4.90 Å². The van der Waals surface area contributed by atoms with Gasteiger partial charge in [0.1, 0.15) is 49.0 Å². The lowest BCUT2D eigenvalue weighted by atomic mass is 10.0. The summed E-state index contributed by atoms with van der Waals surface area (Å²) in [6.45, 7) is -2.31. The van der Waals surface area contributed by atoms with E-state index >= 15 is 0 Å². The van der Waals surface area contributed by atoms with Gasteiger partial charge in [-0.05, 0) is 17.7 Å². The van der Waals surface area contributed by atoms with Crippen molar-refractivity contribution in [2.45, 2.75) is 54.6 Å². The lowest BCUT2D eigenvalue weighted by Crippen LogP contribution is -2.53. The maximum atomic E-state index is 10.3. The van der Waals surface area contributed by atoms with Crippen LogP contribution < -0.4 is 4.74 Å². The third kappa shape index (κ3) is 9.89. The highest BCUT2D eigenvalue weighted by molar-refractivity contribution is 7.79. The van der Waals surface area contributed by atoms with Crippen LogP contribution in [0.5, 0.6) is 5.75 Å². The molecule has 0 aromatic heterocycles. The Labute approximate surface area is 203 Å². The molecule has 1 aromatic carbocycles. The first kappa shape index (κ1) is 31.0. The highest BCUT2D eigenvalue weighted by atomic mass is 32.1. The van der Waals surface area contributed by atoms with Gasteiger partial charge in [0.25, 0.3) is 0 Å². The number of ether oxygens (including phenoxy) is 1. The van der Waals surface area contributed by atoms with E-state index < -0.39 is 62.0 Å². The molecule has 0 aliphatic heterocycles. The van der Waals surface area contributed by atoms with Crippen molar-refractivity contribution in [3.8, 4) is 5.75 Å². The molecule has 0 bridgehead atoms. The van der Waals surface area contributed by atoms with E-state index in [0.29, 0.717) is 11.5 Å². The highest BCUT2D eigenvalue weighted by Crippen LogP contribution is 2.15. The number of rotatable bonds is 17. The van der Waals surface area contributed by atoms with E-state index in [4.69, 9.17) is 14.9 Å². The van der Waals surface area contributed by atoms with Crippen LogP contribution in [0, 0.1) is 0 Å². The maximum Gasteiger partial charge on any atom is 0.119 e. The minimum Gasteiger partial charge on any atom is -0.492 e. The Kier molecular flexibility index (Phi) is 14.4. The fourth-order valence-electron chi connectivity index (χ4n) is 3.15. The molecule has 0 fully saturated rings. The van der Waals surface area contributed by atoms with Gasteiger partial charge >= 0.3 is 0 Å². The molecule has 0 amide bonds. The highest BCUT2D eigenvalue weighted by Gasteiger charge is 2.34. The lowest BCUT2D eigenvalue weighted by Gasteiger charge is -2.33. The lowest BCUT2D eigenvalue weighted by molar-refractivity contribution is -0.130. The van der Waals surface area contributed by atoms with Gasteiger partial charge in [-0.15, -0.1) is 0 Å². The van der Waals surface area contributed by atoms with E-state index in [0.717, 1.165) is 5.56 Å². The van der Waals surface area contributed by atoms with E-state index in [1.807, 2.05) is 6.07 Å². The summed E-state index contributed by atoms with van der Waals surface area (Å²) in [6, 6.07) is 7.13. The smallest absolute Gasteiger partial charge is 0.119 e. The first-order valence-corrected chi connectivity index (χ1v) is 11.4. The predicted octanol–water partition coefficient (Wildman–Crippen LogP) is -4.33. The van der Waals surface area contributed by atoms with E-state index in [1.54, 1.807) is 18.2 Å². The molecule has 8 atom stereocenters. The molecule has 10 N–H and O–H groups in total. The summed E-state index contributed by atoms with van der Waals surface area (Å²) in [5.74, 6) is 1.04. The molecular formula is C21H37NO11S. The Morgan fingerprint density at radius 1 is 0.735 bits per heavy atom. The zero-order valence-corrected chi connectivity index (χ0v) is 19.5. The normalized spacial score (nSPS) is 19.2. The van der Waals surface area contributed by atoms with Gasteiger partial charge in [0.05, 0.1) is 25.4 Å². The molecule has 0 heterocycles. The second kappa shape index (κ2) is 15.8. The Hall–Kier alpha value is -1.07. The summed E-state index contributed by atoms with van der Waals surface area (Å²) >= 11 is 4.20. The van der Waals surface area contributed by atoms with Crippen LogP contribution in [0.1, 0.15) is 5.56 Å². The molecule has 1 aromatic rings. The van der Waals surface area contributed by atoms with Crippen LogP contribution >= 0.6 is 12.6 Å². The first-order chi connectivity index (χ1) is 16.0. The monoisotopic (exact) mass is 511 g/mol. The van der Waals surface area contributed by atoms with Crippen molar-refractivity contribution in [3.05, 3.63) is 29.8 Å². The number of nitrogens with zero attached hydrogens (tertiary/aromatic N) is 1. The number of thiol groups is 1. The average molecular weight is 512 g/mol. The van der Waals surface area contributed by atoms with Crippen molar-refractivity contribution < 1.29 is 55.8 Å². The predicted molar refractivity (Wildman–Crippen MR) is 123 cm³/mol. The fraction of sp³-hybridized carbons (Fsp3) is 0.714. The van der Waals surface area contributed by atoms with Crippen molar-refractivity contribution in [3.63, 3.8) is 0 Å². The molecule has 0 aliphatic carbocycles. The molecule has 0 aliphatic rings. The Balaban J connectivity index is 2.85. The zero-order valence-electron chi connectivity index (χ0n) is 18.7. The Morgan fingerprint density at radius 3 is 1.65 bits per heavy atom. The number of hydrogen-bond acceptors (Lipinski definition) is 13. The van der Waals surface area contributed by atoms with E-state index in [-0.39, 0.29) is 26.2 Å². The molecule has 0 radical (unpaired) electrons. The van der Waals surface area contributed by atoms with Crippen molar-refractivity contribution in [2.75, 3.05) is 39.5 Å². The van der Waals surface area contributed by atoms with Crippen LogP contribution in [0.3, 0.4) is 0 Å². The molecule has 34 heavy (non-hydrogen) atoms. The standard InChI is InChI=1S/C21H37NO11S/c23-9-16(27)20(31)18(29)14(25)7-22(8-15(26)19(30)21(32)17(28)10-24)4-5-33-13-3-1-2-12(6-13)11-34/h1-3,6,14-21,23-32,34H,4-5,7-11H2. The molecule has 1 rings (SSSR count). The van der Waals surface area contributed by atoms with Crippen LogP contribution in [-0.4, -0.2) is 144 Å². The van der Waals surface area contributed by atoms with Gasteiger partial charge in [-0.25, -0.2) is 0 Å². The summed E-state index contributed by atoms with van der Waals surface area (Å²) < 4.78 is 5.66. The molecule has 8 unspecified atom stereocenters. The van der Waals surface area contributed by atoms with Crippen LogP contribution in [0.2, 0.25) is 0 Å². The second-order valence-corrected chi connectivity index (χ2v) is 8.33. The first-order valence-electron chi connectivity index (χ1n) is 10.8. The van der Waals surface area contributed by atoms with Gasteiger partial charge in [-0.3, -0.25) is 4.90 Å². The van der Waals surface area contributed by atoms with Crippen LogP contribution in [0.15, 0.2) is 24.3 Å². The van der Waals surface area contributed by atoms with Gasteiger partial charge in [-0.2, -0.15) is 12.6 Å². The van der Waals surface area contributed by atoms with Gasteiger partial charge < -0.3 is 55.8 Å². The quantitative estimate of drug-likeness (QED) is 0.0896. The molecule has 0 saturated carbocycles. The molecule has 13 heteroatoms. The Morgan fingerprint density at radius 2 is 1.21 bits per heavy atom. The molecule has 0 spiro atoms. The fourth-order valence-corrected chi connectivity index (χ4v) is 3.35. The topological polar surface area (TPSA) is 215 Å². The summed E-state index contributed by atoms with van der Waals surface area (Å²) in [5, 5.41) is 97.3.